The number of likely N-dealkylation sites (tertiary alicyclic amines) is 4. The van der Waals surface area contributed by atoms with Gasteiger partial charge < -0.3 is 38.5 Å². The molecule has 8 heteroatoms. The monoisotopic (exact) mass is 803 g/mol. The average molecular weight is 803 g/mol. The van der Waals surface area contributed by atoms with E-state index in [9.17, 15) is 0 Å². The number of ether oxygens (including phenoxy) is 4. The standard InChI is InChI=1S/C50H82N4O4/c1-43(39-45-19-21-47(55-35-15-31-51-23-7-3-8-24-51)49(41-45)57-37-17-33-53-27-11-5-12-28-53)44(2)40-46-20-22-48(56-36-16-32-52-25-9-4-10-26-52)50(42-46)58-38-18-34-54-29-13-6-14-30-54/h19-22,41-44H,3-18,23-40H2,1-2H3/t43-,44+. The molecule has 4 aliphatic rings. The zero-order valence-electron chi connectivity index (χ0n) is 37.1. The maximum atomic E-state index is 6.53. The van der Waals surface area contributed by atoms with Crippen molar-refractivity contribution in [2.24, 2.45) is 11.8 Å². The van der Waals surface area contributed by atoms with E-state index < -0.39 is 0 Å². The zero-order valence-corrected chi connectivity index (χ0v) is 37.1. The Morgan fingerprint density at radius 1 is 0.379 bits per heavy atom. The van der Waals surface area contributed by atoms with Crippen LogP contribution < -0.4 is 18.9 Å². The highest BCUT2D eigenvalue weighted by Crippen LogP contribution is 2.33. The summed E-state index contributed by atoms with van der Waals surface area (Å²) >= 11 is 0. The predicted molar refractivity (Wildman–Crippen MR) is 240 cm³/mol. The van der Waals surface area contributed by atoms with E-state index in [0.29, 0.717) is 11.8 Å². The second-order valence-electron chi connectivity index (χ2n) is 18.3. The summed E-state index contributed by atoms with van der Waals surface area (Å²) in [6.45, 7) is 22.2. The van der Waals surface area contributed by atoms with Crippen molar-refractivity contribution < 1.29 is 18.9 Å². The predicted octanol–water partition coefficient (Wildman–Crippen LogP) is 9.76. The van der Waals surface area contributed by atoms with Gasteiger partial charge in [-0.3, -0.25) is 0 Å². The molecular weight excluding hydrogens is 721 g/mol. The first-order valence-corrected chi connectivity index (χ1v) is 24.3. The molecule has 8 nitrogen and oxygen atoms in total. The molecule has 326 valence electrons. The van der Waals surface area contributed by atoms with Crippen LogP contribution in [0.5, 0.6) is 23.0 Å². The first kappa shape index (κ1) is 45.0. The van der Waals surface area contributed by atoms with Gasteiger partial charge >= 0.3 is 0 Å². The van der Waals surface area contributed by atoms with Crippen LogP contribution in [0.2, 0.25) is 0 Å². The number of nitrogens with zero attached hydrogens (tertiary/aromatic N) is 4. The van der Waals surface area contributed by atoms with Crippen LogP contribution >= 0.6 is 0 Å². The van der Waals surface area contributed by atoms with Gasteiger partial charge in [-0.25, -0.2) is 0 Å². The van der Waals surface area contributed by atoms with Crippen molar-refractivity contribution in [3.05, 3.63) is 47.5 Å². The highest BCUT2D eigenvalue weighted by Gasteiger charge is 2.19. The molecule has 0 amide bonds. The molecule has 0 aliphatic carbocycles. The number of hydrogen-bond acceptors (Lipinski definition) is 8. The van der Waals surface area contributed by atoms with Crippen LogP contribution in [0, 0.1) is 11.8 Å². The number of hydrogen-bond donors (Lipinski definition) is 0. The summed E-state index contributed by atoms with van der Waals surface area (Å²) in [5, 5.41) is 0. The molecule has 0 saturated carbocycles. The SMILES string of the molecule is C[C@H](Cc1ccc(OCCCN2CCCCC2)c(OCCCN2CCCCC2)c1)[C@@H](C)Cc1ccc(OCCCN2CCCCC2)c(OCCCN2CCCCC2)c1. The third kappa shape index (κ3) is 16.2. The van der Waals surface area contributed by atoms with Gasteiger partial charge in [0, 0.05) is 26.2 Å². The molecule has 0 radical (unpaired) electrons. The van der Waals surface area contributed by atoms with E-state index in [4.69, 9.17) is 18.9 Å². The summed E-state index contributed by atoms with van der Waals surface area (Å²) < 4.78 is 25.9. The number of rotatable bonds is 25. The lowest BCUT2D eigenvalue weighted by atomic mass is 9.85. The van der Waals surface area contributed by atoms with Gasteiger partial charge in [0.15, 0.2) is 23.0 Å². The van der Waals surface area contributed by atoms with E-state index in [1.54, 1.807) is 0 Å². The number of piperidine rings is 4. The Hall–Kier alpha value is -2.52. The highest BCUT2D eigenvalue weighted by atomic mass is 16.5. The van der Waals surface area contributed by atoms with Crippen LogP contribution in [-0.4, -0.2) is 125 Å². The van der Waals surface area contributed by atoms with Crippen molar-refractivity contribution in [2.75, 3.05) is 105 Å². The van der Waals surface area contributed by atoms with Crippen LogP contribution in [0.15, 0.2) is 36.4 Å². The fourth-order valence-corrected chi connectivity index (χ4v) is 9.58. The summed E-state index contributed by atoms with van der Waals surface area (Å²) in [6.07, 6.45) is 22.5. The van der Waals surface area contributed by atoms with Gasteiger partial charge in [0.05, 0.1) is 26.4 Å². The molecule has 2 atom stereocenters. The molecule has 4 heterocycles. The normalized spacial score (nSPS) is 20.1. The van der Waals surface area contributed by atoms with Gasteiger partial charge in [0.1, 0.15) is 0 Å². The largest absolute Gasteiger partial charge is 0.490 e. The fourth-order valence-electron chi connectivity index (χ4n) is 9.58. The Kier molecular flexibility index (Phi) is 20.1. The van der Waals surface area contributed by atoms with Crippen LogP contribution in [0.1, 0.15) is 128 Å². The third-order valence-electron chi connectivity index (χ3n) is 13.4. The molecule has 0 spiro atoms. The zero-order chi connectivity index (χ0) is 40.0. The summed E-state index contributed by atoms with van der Waals surface area (Å²) in [4.78, 5) is 10.4. The van der Waals surface area contributed by atoms with E-state index in [2.05, 4.69) is 69.8 Å². The molecule has 4 saturated heterocycles. The maximum absolute atomic E-state index is 6.53. The van der Waals surface area contributed by atoms with Gasteiger partial charge in [0.2, 0.25) is 0 Å². The molecule has 0 unspecified atom stereocenters. The Balaban J connectivity index is 1.02. The first-order chi connectivity index (χ1) is 28.6. The second-order valence-corrected chi connectivity index (χ2v) is 18.3. The lowest BCUT2D eigenvalue weighted by molar-refractivity contribution is 0.193. The summed E-state index contributed by atoms with van der Waals surface area (Å²) in [6, 6.07) is 13.4. The van der Waals surface area contributed by atoms with E-state index in [1.807, 2.05) is 0 Å². The van der Waals surface area contributed by atoms with E-state index in [-0.39, 0.29) is 0 Å². The molecule has 58 heavy (non-hydrogen) atoms. The van der Waals surface area contributed by atoms with E-state index >= 15 is 0 Å². The molecule has 0 aromatic heterocycles. The molecule has 4 fully saturated rings. The number of benzene rings is 2. The van der Waals surface area contributed by atoms with Gasteiger partial charge in [-0.15, -0.1) is 0 Å². The summed E-state index contributed by atoms with van der Waals surface area (Å²) in [7, 11) is 0. The van der Waals surface area contributed by atoms with Crippen LogP contribution in [0.25, 0.3) is 0 Å². The molecule has 0 N–H and O–H groups in total. The first-order valence-electron chi connectivity index (χ1n) is 24.3. The Morgan fingerprint density at radius 2 is 0.655 bits per heavy atom. The van der Waals surface area contributed by atoms with Crippen LogP contribution in [0.3, 0.4) is 0 Å². The highest BCUT2D eigenvalue weighted by molar-refractivity contribution is 5.44. The van der Waals surface area contributed by atoms with Gasteiger partial charge in [-0.2, -0.15) is 0 Å². The fraction of sp³-hybridized carbons (Fsp3) is 0.760. The Labute approximate surface area is 354 Å². The Morgan fingerprint density at radius 3 is 0.948 bits per heavy atom. The van der Waals surface area contributed by atoms with Gasteiger partial charge in [-0.05, 0) is 189 Å². The van der Waals surface area contributed by atoms with Gasteiger partial charge in [-0.1, -0.05) is 51.7 Å². The minimum absolute atomic E-state index is 0.503. The van der Waals surface area contributed by atoms with Gasteiger partial charge in [0.25, 0.3) is 0 Å². The summed E-state index contributed by atoms with van der Waals surface area (Å²) in [5.41, 5.74) is 2.66. The van der Waals surface area contributed by atoms with Crippen molar-refractivity contribution >= 4 is 0 Å². The molecule has 4 aliphatic heterocycles. The molecule has 6 rings (SSSR count). The lowest BCUT2D eigenvalue weighted by Gasteiger charge is -2.26. The topological polar surface area (TPSA) is 49.9 Å². The van der Waals surface area contributed by atoms with E-state index in [0.717, 1.165) is 114 Å². The molecular formula is C50H82N4O4. The second kappa shape index (κ2) is 26.0. The molecule has 2 aromatic carbocycles. The van der Waals surface area contributed by atoms with Crippen molar-refractivity contribution in [2.45, 2.75) is 129 Å². The minimum atomic E-state index is 0.503. The quantitative estimate of drug-likeness (QED) is 0.0921. The summed E-state index contributed by atoms with van der Waals surface area (Å²) in [5.74, 6) is 4.65. The molecule has 2 aromatic rings. The smallest absolute Gasteiger partial charge is 0.161 e. The van der Waals surface area contributed by atoms with Crippen LogP contribution in [0.4, 0.5) is 0 Å². The van der Waals surface area contributed by atoms with Crippen LogP contribution in [-0.2, 0) is 12.8 Å². The minimum Gasteiger partial charge on any atom is -0.490 e. The lowest BCUT2D eigenvalue weighted by Crippen LogP contribution is -2.31. The maximum Gasteiger partial charge on any atom is 0.161 e. The molecule has 0 bridgehead atoms. The Bertz CT molecular complexity index is 1290. The van der Waals surface area contributed by atoms with E-state index in [1.165, 1.54) is 141 Å². The van der Waals surface area contributed by atoms with Crippen molar-refractivity contribution in [3.8, 4) is 23.0 Å². The average Bonchev–Trinajstić information content (AvgIpc) is 3.26. The van der Waals surface area contributed by atoms with Crippen molar-refractivity contribution in [3.63, 3.8) is 0 Å². The van der Waals surface area contributed by atoms with Crippen molar-refractivity contribution in [1.29, 1.82) is 0 Å². The van der Waals surface area contributed by atoms with Crippen molar-refractivity contribution in [1.82, 2.24) is 19.6 Å². The third-order valence-corrected chi connectivity index (χ3v) is 13.4.